The van der Waals surface area contributed by atoms with E-state index in [-0.39, 0.29) is 6.03 Å². The Labute approximate surface area is 116 Å². The SMILES string of the molecule is COc1ccc(NC(=O)N2CCc3nc[nH]c3C2)cc1. The van der Waals surface area contributed by atoms with E-state index in [0.717, 1.165) is 29.2 Å². The van der Waals surface area contributed by atoms with E-state index in [4.69, 9.17) is 4.74 Å². The van der Waals surface area contributed by atoms with Gasteiger partial charge in [-0.1, -0.05) is 0 Å². The highest BCUT2D eigenvalue weighted by atomic mass is 16.5. The van der Waals surface area contributed by atoms with Crippen molar-refractivity contribution >= 4 is 11.7 Å². The molecule has 0 aliphatic carbocycles. The minimum absolute atomic E-state index is 0.101. The first-order valence-corrected chi connectivity index (χ1v) is 6.47. The molecule has 0 saturated carbocycles. The van der Waals surface area contributed by atoms with Crippen molar-refractivity contribution in [2.75, 3.05) is 19.0 Å². The molecule has 2 amide bonds. The zero-order chi connectivity index (χ0) is 13.9. The number of carbonyl (C=O) groups excluding carboxylic acids is 1. The Bertz CT molecular complexity index is 606. The smallest absolute Gasteiger partial charge is 0.322 e. The highest BCUT2D eigenvalue weighted by Crippen LogP contribution is 2.18. The maximum absolute atomic E-state index is 12.2. The van der Waals surface area contributed by atoms with Crippen LogP contribution in [0, 0.1) is 0 Å². The molecule has 0 saturated heterocycles. The van der Waals surface area contributed by atoms with E-state index in [9.17, 15) is 4.79 Å². The molecule has 2 aromatic rings. The summed E-state index contributed by atoms with van der Waals surface area (Å²) in [6.45, 7) is 1.25. The van der Waals surface area contributed by atoms with E-state index in [2.05, 4.69) is 15.3 Å². The summed E-state index contributed by atoms with van der Waals surface area (Å²) in [4.78, 5) is 21.3. The first kappa shape index (κ1) is 12.5. The normalized spacial score (nSPS) is 13.8. The Morgan fingerprint density at radius 2 is 2.20 bits per heavy atom. The summed E-state index contributed by atoms with van der Waals surface area (Å²) in [6, 6.07) is 7.18. The number of benzene rings is 1. The number of ether oxygens (including phenoxy) is 1. The Balaban J connectivity index is 1.65. The van der Waals surface area contributed by atoms with Gasteiger partial charge in [0, 0.05) is 18.7 Å². The summed E-state index contributed by atoms with van der Waals surface area (Å²) in [5, 5.41) is 2.88. The van der Waals surface area contributed by atoms with Crippen molar-refractivity contribution in [2.45, 2.75) is 13.0 Å². The Morgan fingerprint density at radius 3 is 2.95 bits per heavy atom. The van der Waals surface area contributed by atoms with Crippen LogP contribution in [0.5, 0.6) is 5.75 Å². The largest absolute Gasteiger partial charge is 0.497 e. The number of amides is 2. The number of fused-ring (bicyclic) bond motifs is 1. The molecule has 0 atom stereocenters. The second kappa shape index (κ2) is 5.24. The number of carbonyl (C=O) groups is 1. The number of methoxy groups -OCH3 is 1. The molecule has 20 heavy (non-hydrogen) atoms. The van der Waals surface area contributed by atoms with Gasteiger partial charge >= 0.3 is 6.03 Å². The number of aromatic amines is 1. The Kier molecular flexibility index (Phi) is 3.28. The fourth-order valence-corrected chi connectivity index (χ4v) is 2.26. The summed E-state index contributed by atoms with van der Waals surface area (Å²) in [5.74, 6) is 0.767. The summed E-state index contributed by atoms with van der Waals surface area (Å²) in [6.07, 6.45) is 2.46. The summed E-state index contributed by atoms with van der Waals surface area (Å²) >= 11 is 0. The molecule has 0 unspecified atom stereocenters. The van der Waals surface area contributed by atoms with Gasteiger partial charge in [-0.3, -0.25) is 0 Å². The molecule has 1 aromatic heterocycles. The van der Waals surface area contributed by atoms with Crippen molar-refractivity contribution < 1.29 is 9.53 Å². The first-order valence-electron chi connectivity index (χ1n) is 6.47. The second-order valence-electron chi connectivity index (χ2n) is 4.66. The molecule has 3 rings (SSSR count). The number of imidazole rings is 1. The van der Waals surface area contributed by atoms with Gasteiger partial charge < -0.3 is 19.9 Å². The predicted octanol–water partition coefficient (Wildman–Crippen LogP) is 2.01. The molecule has 1 aliphatic heterocycles. The van der Waals surface area contributed by atoms with E-state index in [0.29, 0.717) is 13.1 Å². The fourth-order valence-electron chi connectivity index (χ4n) is 2.26. The third-order valence-corrected chi connectivity index (χ3v) is 3.40. The lowest BCUT2D eigenvalue weighted by atomic mass is 10.1. The lowest BCUT2D eigenvalue weighted by Crippen LogP contribution is -2.38. The highest BCUT2D eigenvalue weighted by Gasteiger charge is 2.22. The standard InChI is InChI=1S/C14H16N4O2/c1-20-11-4-2-10(3-5-11)17-14(19)18-7-6-12-13(8-18)16-9-15-12/h2-5,9H,6-8H2,1H3,(H,15,16)(H,17,19). The van der Waals surface area contributed by atoms with Gasteiger partial charge in [-0.05, 0) is 24.3 Å². The third-order valence-electron chi connectivity index (χ3n) is 3.40. The van der Waals surface area contributed by atoms with Crippen LogP contribution in [0.15, 0.2) is 30.6 Å². The lowest BCUT2D eigenvalue weighted by molar-refractivity contribution is 0.205. The van der Waals surface area contributed by atoms with E-state index in [1.54, 1.807) is 18.3 Å². The van der Waals surface area contributed by atoms with Crippen molar-refractivity contribution in [3.8, 4) is 5.75 Å². The van der Waals surface area contributed by atoms with Gasteiger partial charge in [-0.2, -0.15) is 0 Å². The topological polar surface area (TPSA) is 70.2 Å². The maximum atomic E-state index is 12.2. The minimum atomic E-state index is -0.101. The van der Waals surface area contributed by atoms with Crippen molar-refractivity contribution in [3.63, 3.8) is 0 Å². The second-order valence-corrected chi connectivity index (χ2v) is 4.66. The first-order chi connectivity index (χ1) is 9.76. The molecule has 6 heteroatoms. The van der Waals surface area contributed by atoms with Crippen LogP contribution < -0.4 is 10.1 Å². The van der Waals surface area contributed by atoms with Gasteiger partial charge in [0.2, 0.25) is 0 Å². The number of urea groups is 1. The van der Waals surface area contributed by atoms with Crippen LogP contribution in [0.2, 0.25) is 0 Å². The molecule has 6 nitrogen and oxygen atoms in total. The van der Waals surface area contributed by atoms with Crippen LogP contribution >= 0.6 is 0 Å². The van der Waals surface area contributed by atoms with Crippen molar-refractivity contribution in [3.05, 3.63) is 42.0 Å². The molecule has 1 aromatic carbocycles. The zero-order valence-corrected chi connectivity index (χ0v) is 11.2. The van der Waals surface area contributed by atoms with E-state index >= 15 is 0 Å². The van der Waals surface area contributed by atoms with Gasteiger partial charge in [0.1, 0.15) is 5.75 Å². The number of rotatable bonds is 2. The van der Waals surface area contributed by atoms with Gasteiger partial charge in [0.15, 0.2) is 0 Å². The van der Waals surface area contributed by atoms with Gasteiger partial charge in [0.05, 0.1) is 31.4 Å². The molecular weight excluding hydrogens is 256 g/mol. The molecule has 0 radical (unpaired) electrons. The summed E-state index contributed by atoms with van der Waals surface area (Å²) in [7, 11) is 1.61. The van der Waals surface area contributed by atoms with Crippen LogP contribution in [-0.4, -0.2) is 34.6 Å². The highest BCUT2D eigenvalue weighted by molar-refractivity contribution is 5.89. The Morgan fingerprint density at radius 1 is 1.40 bits per heavy atom. The molecule has 0 spiro atoms. The predicted molar refractivity (Wildman–Crippen MR) is 74.7 cm³/mol. The van der Waals surface area contributed by atoms with Crippen molar-refractivity contribution in [1.82, 2.24) is 14.9 Å². The summed E-state index contributed by atoms with van der Waals surface area (Å²) < 4.78 is 5.09. The molecule has 0 fully saturated rings. The van der Waals surface area contributed by atoms with Gasteiger partial charge in [-0.15, -0.1) is 0 Å². The number of hydrogen-bond donors (Lipinski definition) is 2. The number of aromatic nitrogens is 2. The van der Waals surface area contributed by atoms with Crippen LogP contribution in [0.3, 0.4) is 0 Å². The average Bonchev–Trinajstić information content (AvgIpc) is 2.95. The lowest BCUT2D eigenvalue weighted by Gasteiger charge is -2.26. The number of nitrogens with one attached hydrogen (secondary N) is 2. The van der Waals surface area contributed by atoms with Crippen molar-refractivity contribution in [1.29, 1.82) is 0 Å². The molecule has 1 aliphatic rings. The molecular formula is C14H16N4O2. The Hall–Kier alpha value is -2.50. The monoisotopic (exact) mass is 272 g/mol. The number of hydrogen-bond acceptors (Lipinski definition) is 3. The van der Waals surface area contributed by atoms with Crippen LogP contribution in [0.4, 0.5) is 10.5 Å². The number of nitrogens with zero attached hydrogens (tertiary/aromatic N) is 2. The van der Waals surface area contributed by atoms with Gasteiger partial charge in [0.25, 0.3) is 0 Å². The molecule has 104 valence electrons. The van der Waals surface area contributed by atoms with Crippen molar-refractivity contribution in [2.24, 2.45) is 0 Å². The van der Waals surface area contributed by atoms with E-state index in [1.165, 1.54) is 0 Å². The molecule has 2 N–H and O–H groups in total. The van der Waals surface area contributed by atoms with Crippen LogP contribution in [0.1, 0.15) is 11.4 Å². The number of H-pyrrole nitrogens is 1. The van der Waals surface area contributed by atoms with Crippen LogP contribution in [0.25, 0.3) is 0 Å². The van der Waals surface area contributed by atoms with Crippen LogP contribution in [-0.2, 0) is 13.0 Å². The number of anilines is 1. The minimum Gasteiger partial charge on any atom is -0.497 e. The van der Waals surface area contributed by atoms with Gasteiger partial charge in [-0.25, -0.2) is 9.78 Å². The quantitative estimate of drug-likeness (QED) is 0.878. The fraction of sp³-hybridized carbons (Fsp3) is 0.286. The van der Waals surface area contributed by atoms with E-state index < -0.39 is 0 Å². The maximum Gasteiger partial charge on any atom is 0.322 e. The third kappa shape index (κ3) is 2.45. The summed E-state index contributed by atoms with van der Waals surface area (Å²) in [5.41, 5.74) is 2.82. The molecule has 0 bridgehead atoms. The average molecular weight is 272 g/mol. The molecule has 2 heterocycles. The zero-order valence-electron chi connectivity index (χ0n) is 11.2. The van der Waals surface area contributed by atoms with E-state index in [1.807, 2.05) is 24.3 Å².